The number of nitrogens with zero attached hydrogens (tertiary/aromatic N) is 4. The first-order chi connectivity index (χ1) is 22.0. The van der Waals surface area contributed by atoms with Gasteiger partial charge in [0.05, 0.1) is 30.5 Å². The van der Waals surface area contributed by atoms with E-state index in [9.17, 15) is 5.11 Å². The first-order valence-electron chi connectivity index (χ1n) is 19.0. The lowest BCUT2D eigenvalue weighted by Gasteiger charge is -2.47. The van der Waals surface area contributed by atoms with Crippen LogP contribution in [0.15, 0.2) is 0 Å². The smallest absolute Gasteiger partial charge is 0.185 e. The zero-order valence-corrected chi connectivity index (χ0v) is 32.8. The monoisotopic (exact) mass is 669 g/mol. The van der Waals surface area contributed by atoms with E-state index in [1.54, 1.807) is 0 Å². The Balaban J connectivity index is 1.89. The normalized spacial score (nSPS) is 39.4. The number of hydrogen-bond donors (Lipinski definition) is 1. The zero-order valence-electron chi connectivity index (χ0n) is 32.8. The molecule has 1 N–H and O–H groups in total. The average Bonchev–Trinajstić information content (AvgIpc) is 2.98. The molecule has 10 atom stereocenters. The molecule has 0 radical (unpaired) electrons. The van der Waals surface area contributed by atoms with Crippen molar-refractivity contribution in [1.29, 1.82) is 0 Å². The van der Waals surface area contributed by atoms with Crippen LogP contribution in [0.3, 0.4) is 0 Å². The van der Waals surface area contributed by atoms with Crippen molar-refractivity contribution in [1.82, 2.24) is 19.6 Å². The summed E-state index contributed by atoms with van der Waals surface area (Å²) in [4.78, 5) is 10.1. The van der Waals surface area contributed by atoms with Crippen LogP contribution in [-0.4, -0.2) is 153 Å². The second-order valence-corrected chi connectivity index (χ2v) is 17.4. The molecule has 0 spiro atoms. The van der Waals surface area contributed by atoms with Crippen molar-refractivity contribution in [2.24, 2.45) is 23.2 Å². The first kappa shape index (κ1) is 41.1. The summed E-state index contributed by atoms with van der Waals surface area (Å²) in [7, 11) is 5.88. The van der Waals surface area contributed by atoms with Gasteiger partial charge in [-0.25, -0.2) is 0 Å². The van der Waals surface area contributed by atoms with Gasteiger partial charge in [-0.15, -0.1) is 0 Å². The highest BCUT2D eigenvalue weighted by atomic mass is 16.7. The summed E-state index contributed by atoms with van der Waals surface area (Å²) in [6, 6.07) is 0.296. The van der Waals surface area contributed by atoms with Gasteiger partial charge in [0.25, 0.3) is 0 Å². The standard InChI is InChI=1S/C38H76N4O5/c1-14-15-42-24-28(4)21-38(10,44-13)35(47-36-34(43)32(39(11)12)20-30(6)46-36)29(5)22-37(8,9)26-45-31(7)33(42)25-41-18-16-40(17-19-41)23-27(2)3/h27-36,43H,14-26H2,1-13H3/t28-,29-,30-,31+,32+,33+,34-,35-,36+,38-/m1/s1. The number of methoxy groups -OCH3 is 1. The molecule has 278 valence electrons. The summed E-state index contributed by atoms with van der Waals surface area (Å²) in [5, 5.41) is 11.5. The van der Waals surface area contributed by atoms with Gasteiger partial charge in [-0.2, -0.15) is 0 Å². The molecule has 0 aromatic heterocycles. The molecule has 3 heterocycles. The number of ether oxygens (including phenoxy) is 4. The molecule has 3 aliphatic heterocycles. The fourth-order valence-corrected chi connectivity index (χ4v) is 8.83. The number of aliphatic hydroxyl groups excluding tert-OH is 1. The lowest BCUT2D eigenvalue weighted by molar-refractivity contribution is -0.298. The van der Waals surface area contributed by atoms with Crippen molar-refractivity contribution in [2.45, 2.75) is 143 Å². The Morgan fingerprint density at radius 3 is 2.19 bits per heavy atom. The molecule has 0 bridgehead atoms. The summed E-state index contributed by atoms with van der Waals surface area (Å²) in [5.41, 5.74) is -0.634. The second kappa shape index (κ2) is 18.2. The van der Waals surface area contributed by atoms with E-state index in [4.69, 9.17) is 18.9 Å². The summed E-state index contributed by atoms with van der Waals surface area (Å²) in [6.45, 7) is 32.3. The van der Waals surface area contributed by atoms with Gasteiger partial charge >= 0.3 is 0 Å². The fourth-order valence-electron chi connectivity index (χ4n) is 8.83. The lowest BCUT2D eigenvalue weighted by atomic mass is 9.75. The van der Waals surface area contributed by atoms with Crippen LogP contribution in [0, 0.1) is 23.2 Å². The maximum Gasteiger partial charge on any atom is 0.185 e. The summed E-state index contributed by atoms with van der Waals surface area (Å²) >= 11 is 0. The maximum atomic E-state index is 11.5. The molecule has 3 saturated heterocycles. The topological polar surface area (TPSA) is 70.1 Å². The van der Waals surface area contributed by atoms with Gasteiger partial charge in [-0.1, -0.05) is 48.5 Å². The van der Waals surface area contributed by atoms with E-state index in [-0.39, 0.29) is 35.7 Å². The third-order valence-corrected chi connectivity index (χ3v) is 11.1. The Morgan fingerprint density at radius 2 is 1.62 bits per heavy atom. The molecule has 3 fully saturated rings. The van der Waals surface area contributed by atoms with E-state index in [0.29, 0.717) is 24.5 Å². The van der Waals surface area contributed by atoms with E-state index in [1.807, 2.05) is 21.2 Å². The van der Waals surface area contributed by atoms with Gasteiger partial charge in [0, 0.05) is 65.0 Å². The SMILES string of the molecule is CCCN1C[C@H](C)C[C@@](C)(OC)[C@H](O[C@@H]2O[C@H](C)C[C@H](N(C)C)[C@H]2O)[C@H](C)CC(C)(C)CO[C@@H](C)[C@@H]1CN1CCN(CC(C)C)CC1. The van der Waals surface area contributed by atoms with Crippen LogP contribution in [0.1, 0.15) is 94.9 Å². The number of likely N-dealkylation sites (N-methyl/N-ethyl adjacent to an activating group) is 1. The van der Waals surface area contributed by atoms with Crippen LogP contribution in [0.5, 0.6) is 0 Å². The van der Waals surface area contributed by atoms with Crippen LogP contribution in [-0.2, 0) is 18.9 Å². The Kier molecular flexibility index (Phi) is 15.9. The van der Waals surface area contributed by atoms with Crippen molar-refractivity contribution in [3.05, 3.63) is 0 Å². The van der Waals surface area contributed by atoms with E-state index in [1.165, 1.54) is 6.54 Å². The highest BCUT2D eigenvalue weighted by molar-refractivity contribution is 4.96. The van der Waals surface area contributed by atoms with Crippen LogP contribution >= 0.6 is 0 Å². The molecule has 3 rings (SSSR count). The minimum Gasteiger partial charge on any atom is -0.386 e. The Bertz CT molecular complexity index is 899. The Labute approximate surface area is 290 Å². The fraction of sp³-hybridized carbons (Fsp3) is 1.00. The van der Waals surface area contributed by atoms with Crippen molar-refractivity contribution < 1.29 is 24.1 Å². The largest absolute Gasteiger partial charge is 0.386 e. The minimum absolute atomic E-state index is 0.00219. The van der Waals surface area contributed by atoms with E-state index in [2.05, 4.69) is 88.8 Å². The molecule has 0 unspecified atom stereocenters. The molecule has 0 amide bonds. The van der Waals surface area contributed by atoms with Gasteiger partial charge in [0.15, 0.2) is 6.29 Å². The van der Waals surface area contributed by atoms with Crippen LogP contribution in [0.25, 0.3) is 0 Å². The predicted molar refractivity (Wildman–Crippen MR) is 193 cm³/mol. The summed E-state index contributed by atoms with van der Waals surface area (Å²) in [6.07, 6.45) is 2.05. The number of piperazine rings is 1. The lowest BCUT2D eigenvalue weighted by Crippen LogP contribution is -2.58. The number of aliphatic hydroxyl groups is 1. The van der Waals surface area contributed by atoms with Gasteiger partial charge in [-0.05, 0) is 90.3 Å². The van der Waals surface area contributed by atoms with E-state index >= 15 is 0 Å². The highest BCUT2D eigenvalue weighted by Crippen LogP contribution is 2.39. The summed E-state index contributed by atoms with van der Waals surface area (Å²) in [5.74, 6) is 1.22. The van der Waals surface area contributed by atoms with Gasteiger partial charge in [0.1, 0.15) is 6.10 Å². The quantitative estimate of drug-likeness (QED) is 0.344. The second-order valence-electron chi connectivity index (χ2n) is 17.4. The maximum absolute atomic E-state index is 11.5. The van der Waals surface area contributed by atoms with Gasteiger partial charge in [0.2, 0.25) is 0 Å². The first-order valence-corrected chi connectivity index (χ1v) is 19.0. The van der Waals surface area contributed by atoms with Crippen molar-refractivity contribution in [2.75, 3.05) is 80.2 Å². The van der Waals surface area contributed by atoms with Crippen LogP contribution < -0.4 is 0 Å². The molecule has 47 heavy (non-hydrogen) atoms. The molecular weight excluding hydrogens is 592 g/mol. The molecule has 9 heteroatoms. The highest BCUT2D eigenvalue weighted by Gasteiger charge is 2.47. The molecule has 0 aromatic rings. The predicted octanol–water partition coefficient (Wildman–Crippen LogP) is 5.05. The average molecular weight is 669 g/mol. The number of hydrogen-bond acceptors (Lipinski definition) is 9. The molecule has 3 aliphatic rings. The third-order valence-electron chi connectivity index (χ3n) is 11.1. The molecule has 0 saturated carbocycles. The van der Waals surface area contributed by atoms with Crippen molar-refractivity contribution >= 4 is 0 Å². The molecule has 0 aliphatic carbocycles. The molecule has 0 aromatic carbocycles. The summed E-state index contributed by atoms with van der Waals surface area (Å²) < 4.78 is 26.6. The zero-order chi connectivity index (χ0) is 35.1. The Hall–Kier alpha value is -0.360. The third kappa shape index (κ3) is 11.9. The Morgan fingerprint density at radius 1 is 0.979 bits per heavy atom. The number of rotatable bonds is 10. The van der Waals surface area contributed by atoms with E-state index < -0.39 is 18.0 Å². The van der Waals surface area contributed by atoms with Gasteiger partial charge in [-0.3, -0.25) is 9.80 Å². The minimum atomic E-state index is -0.734. The molecular formula is C38H76N4O5. The van der Waals surface area contributed by atoms with Crippen molar-refractivity contribution in [3.63, 3.8) is 0 Å². The molecule has 9 nitrogen and oxygen atoms in total. The van der Waals surface area contributed by atoms with Crippen LogP contribution in [0.2, 0.25) is 0 Å². The van der Waals surface area contributed by atoms with Gasteiger partial charge < -0.3 is 33.9 Å². The van der Waals surface area contributed by atoms with Crippen LogP contribution in [0.4, 0.5) is 0 Å². The van der Waals surface area contributed by atoms with Crippen molar-refractivity contribution in [3.8, 4) is 0 Å². The van der Waals surface area contributed by atoms with E-state index in [0.717, 1.165) is 71.5 Å².